The van der Waals surface area contributed by atoms with E-state index >= 15 is 0 Å². The molecule has 23 heavy (non-hydrogen) atoms. The number of hydrogen-bond donors (Lipinski definition) is 2. The Bertz CT molecular complexity index is 397. The minimum Gasteiger partial charge on any atom is -0.760 e. The molecule has 2 aromatic rings. The third-order valence-electron chi connectivity index (χ3n) is 1.28. The molecule has 2 N–H and O–H groups in total. The van der Waals surface area contributed by atoms with Gasteiger partial charge in [-0.1, -0.05) is 34.3 Å². The molecular weight excluding hydrogens is 364 g/mol. The Labute approximate surface area is 165 Å². The fourth-order valence-electron chi connectivity index (χ4n) is 0.694. The molecule has 2 heterocycles. The van der Waals surface area contributed by atoms with Crippen molar-refractivity contribution in [3.05, 3.63) is 48.8 Å². The van der Waals surface area contributed by atoms with Gasteiger partial charge in [0, 0.05) is 24.6 Å². The summed E-state index contributed by atoms with van der Waals surface area (Å²) in [5.74, 6) is 0. The van der Waals surface area contributed by atoms with Crippen LogP contribution in [0.1, 0.15) is 27.7 Å². The van der Waals surface area contributed by atoms with Gasteiger partial charge in [-0.25, -0.2) is 0 Å². The van der Waals surface area contributed by atoms with Crippen molar-refractivity contribution < 1.29 is 31.9 Å². The average Bonchev–Trinajstić information content (AvgIpc) is 2.40. The Morgan fingerprint density at radius 1 is 0.739 bits per heavy atom. The van der Waals surface area contributed by atoms with Crippen molar-refractivity contribution in [3.63, 3.8) is 0 Å². The fourth-order valence-corrected chi connectivity index (χ4v) is 0.973. The van der Waals surface area contributed by atoms with Gasteiger partial charge < -0.3 is 35.5 Å². The number of aromatic nitrogens is 2. The second kappa shape index (κ2) is 19.4. The first kappa shape index (κ1) is 27.2. The summed E-state index contributed by atoms with van der Waals surface area (Å²) in [6.07, 6.45) is 3.03. The summed E-state index contributed by atoms with van der Waals surface area (Å²) in [7, 11) is 0. The number of pyridine rings is 2. The van der Waals surface area contributed by atoms with E-state index in [1.165, 1.54) is 0 Å². The molecule has 4 nitrogen and oxygen atoms in total. The fraction of sp³-hybridized carbons (Fsp3) is 0.375. The van der Waals surface area contributed by atoms with Crippen LogP contribution in [0.2, 0.25) is 0 Å². The summed E-state index contributed by atoms with van der Waals surface area (Å²) < 4.78 is 0. The van der Waals surface area contributed by atoms with E-state index in [4.69, 9.17) is 35.5 Å². The van der Waals surface area contributed by atoms with E-state index in [2.05, 4.69) is 9.97 Å². The minimum absolute atomic E-state index is 0. The first-order valence-corrected chi connectivity index (χ1v) is 7.59. The van der Waals surface area contributed by atoms with Crippen LogP contribution >= 0.6 is 0 Å². The number of rotatable bonds is 0. The van der Waals surface area contributed by atoms with E-state index in [0.717, 1.165) is 0 Å². The topological polar surface area (TPSA) is 66.2 Å². The Balaban J connectivity index is -0.000000238. The van der Waals surface area contributed by atoms with Crippen LogP contribution in [0.4, 0.5) is 0 Å². The Kier molecular flexibility index (Phi) is 23.0. The molecule has 0 spiro atoms. The third-order valence-corrected chi connectivity index (χ3v) is 1.76. The van der Waals surface area contributed by atoms with Crippen molar-refractivity contribution in [2.45, 2.75) is 50.0 Å². The summed E-state index contributed by atoms with van der Waals surface area (Å²) in [5.41, 5.74) is 0. The molecule has 0 radical (unpaired) electrons. The standard InChI is InChI=1S/2C5H5NS.2C3H8O.Ti/c2*7-5-3-1-2-4-6-5;2*1-3(2)4;/h2*1-4H,(H,6,7);2*3-4H,1-2H3;/q;;;;+2/p-2. The monoisotopic (exact) mass is 388 g/mol. The smallest absolute Gasteiger partial charge is 0.760 e. The quantitative estimate of drug-likeness (QED) is 0.535. The van der Waals surface area contributed by atoms with Gasteiger partial charge in [0.15, 0.2) is 0 Å². The molecule has 0 bridgehead atoms. The van der Waals surface area contributed by atoms with Crippen LogP contribution in [0.15, 0.2) is 58.8 Å². The van der Waals surface area contributed by atoms with Crippen LogP contribution in [-0.4, -0.2) is 32.4 Å². The number of aliphatic hydroxyl groups is 2. The maximum Gasteiger partial charge on any atom is 2.00 e. The van der Waals surface area contributed by atoms with Crippen LogP contribution < -0.4 is 0 Å². The molecule has 0 aromatic carbocycles. The summed E-state index contributed by atoms with van der Waals surface area (Å²) >= 11 is 9.40. The molecule has 0 atom stereocenters. The zero-order valence-corrected chi connectivity index (χ0v) is 17.1. The van der Waals surface area contributed by atoms with Crippen molar-refractivity contribution in [2.24, 2.45) is 0 Å². The van der Waals surface area contributed by atoms with E-state index < -0.39 is 0 Å². The predicted molar refractivity (Wildman–Crippen MR) is 94.4 cm³/mol. The molecule has 0 saturated heterocycles. The van der Waals surface area contributed by atoms with Gasteiger partial charge in [-0.2, -0.15) is 0 Å². The average molecular weight is 388 g/mol. The Morgan fingerprint density at radius 3 is 1.09 bits per heavy atom. The third kappa shape index (κ3) is 33.9. The van der Waals surface area contributed by atoms with Crippen molar-refractivity contribution in [1.29, 1.82) is 0 Å². The second-order valence-electron chi connectivity index (χ2n) is 4.52. The van der Waals surface area contributed by atoms with Crippen LogP contribution in [0, 0.1) is 0 Å². The molecule has 0 unspecified atom stereocenters. The number of aliphatic hydroxyl groups excluding tert-OH is 2. The van der Waals surface area contributed by atoms with Crippen LogP contribution in [0.5, 0.6) is 0 Å². The van der Waals surface area contributed by atoms with Gasteiger partial charge in [0.05, 0.1) is 0 Å². The van der Waals surface area contributed by atoms with Crippen molar-refractivity contribution in [3.8, 4) is 0 Å². The summed E-state index contributed by atoms with van der Waals surface area (Å²) in [4.78, 5) is 7.59. The van der Waals surface area contributed by atoms with E-state index in [-0.39, 0.29) is 33.9 Å². The molecule has 0 aliphatic heterocycles. The van der Waals surface area contributed by atoms with Gasteiger partial charge in [-0.3, -0.25) is 9.97 Å². The molecule has 0 amide bonds. The van der Waals surface area contributed by atoms with Gasteiger partial charge in [-0.05, 0) is 39.8 Å². The van der Waals surface area contributed by atoms with Gasteiger partial charge >= 0.3 is 21.7 Å². The maximum absolute atomic E-state index is 8.06. The molecule has 2 rings (SSSR count). The van der Waals surface area contributed by atoms with E-state index in [9.17, 15) is 0 Å². The maximum atomic E-state index is 8.06. The first-order chi connectivity index (χ1) is 10.3. The van der Waals surface area contributed by atoms with Crippen molar-refractivity contribution in [2.75, 3.05) is 0 Å². The molecule has 7 heteroatoms. The summed E-state index contributed by atoms with van der Waals surface area (Å²) in [5, 5.41) is 17.4. The van der Waals surface area contributed by atoms with Gasteiger partial charge in [-0.15, -0.1) is 0 Å². The second-order valence-corrected chi connectivity index (χ2v) is 5.36. The van der Waals surface area contributed by atoms with Crippen molar-refractivity contribution >= 4 is 25.3 Å². The van der Waals surface area contributed by atoms with E-state index in [1.54, 1.807) is 52.2 Å². The zero-order valence-electron chi connectivity index (χ0n) is 13.9. The molecular formula is C16H24N2O2S2Ti. The summed E-state index contributed by atoms with van der Waals surface area (Å²) in [6.45, 7) is 6.89. The molecule has 0 saturated carbocycles. The van der Waals surface area contributed by atoms with Gasteiger partial charge in [0.25, 0.3) is 0 Å². The summed E-state index contributed by atoms with van der Waals surface area (Å²) in [6, 6.07) is 11.0. The normalized spacial score (nSPS) is 8.35. The van der Waals surface area contributed by atoms with E-state index in [0.29, 0.717) is 10.1 Å². The van der Waals surface area contributed by atoms with Crippen LogP contribution in [0.25, 0.3) is 0 Å². The van der Waals surface area contributed by atoms with Gasteiger partial charge in [0.1, 0.15) is 0 Å². The Morgan fingerprint density at radius 2 is 1.00 bits per heavy atom. The van der Waals surface area contributed by atoms with Crippen LogP contribution in [0.3, 0.4) is 0 Å². The SMILES string of the molecule is CC(C)O.CC(C)O.[S-]c1ccccn1.[S-]c1ccccn1.[Ti+2]. The molecule has 2 aromatic heterocycles. The van der Waals surface area contributed by atoms with Gasteiger partial charge in [0.2, 0.25) is 0 Å². The molecule has 0 aliphatic rings. The number of hydrogen-bond acceptors (Lipinski definition) is 6. The first-order valence-electron chi connectivity index (χ1n) is 6.78. The molecule has 0 fully saturated rings. The number of nitrogens with zero attached hydrogens (tertiary/aromatic N) is 2. The molecule has 0 aliphatic carbocycles. The van der Waals surface area contributed by atoms with Crippen LogP contribution in [-0.2, 0) is 47.0 Å². The largest absolute Gasteiger partial charge is 2.00 e. The predicted octanol–water partition coefficient (Wildman–Crippen LogP) is 2.75. The minimum atomic E-state index is -0.167. The molecule has 126 valence electrons. The Hall–Kier alpha value is -0.626. The zero-order chi connectivity index (χ0) is 17.4. The van der Waals surface area contributed by atoms with E-state index in [1.807, 2.05) is 24.3 Å². The van der Waals surface area contributed by atoms with Crippen molar-refractivity contribution in [1.82, 2.24) is 9.97 Å².